The van der Waals surface area contributed by atoms with Crippen molar-refractivity contribution in [2.24, 2.45) is 0 Å². The number of nitrogens with one attached hydrogen (secondary N) is 1. The Kier molecular flexibility index (Phi) is 3.03. The second kappa shape index (κ2) is 4.66. The van der Waals surface area contributed by atoms with E-state index in [1.54, 1.807) is 29.9 Å². The Balaban J connectivity index is 1.79. The smallest absolute Gasteiger partial charge is 0.144 e. The number of hydrogen-bond acceptors (Lipinski definition) is 5. The van der Waals surface area contributed by atoms with E-state index in [-0.39, 0.29) is 0 Å². The molecular weight excluding hydrogens is 196 g/mol. The van der Waals surface area contributed by atoms with E-state index < -0.39 is 0 Å². The SMILES string of the molecule is c1cnc(NCCc2nccs2)cn1. The fourth-order valence-corrected chi connectivity index (χ4v) is 1.68. The Morgan fingerprint density at radius 2 is 2.21 bits per heavy atom. The van der Waals surface area contributed by atoms with Crippen LogP contribution in [-0.4, -0.2) is 21.5 Å². The van der Waals surface area contributed by atoms with E-state index in [0.717, 1.165) is 23.8 Å². The molecule has 5 heteroatoms. The Labute approximate surface area is 86.1 Å². The van der Waals surface area contributed by atoms with E-state index >= 15 is 0 Å². The Morgan fingerprint density at radius 1 is 1.21 bits per heavy atom. The highest BCUT2D eigenvalue weighted by molar-refractivity contribution is 7.09. The summed E-state index contributed by atoms with van der Waals surface area (Å²) in [7, 11) is 0. The van der Waals surface area contributed by atoms with Crippen LogP contribution in [0.2, 0.25) is 0 Å². The van der Waals surface area contributed by atoms with Crippen molar-refractivity contribution in [3.05, 3.63) is 35.2 Å². The van der Waals surface area contributed by atoms with E-state index in [1.165, 1.54) is 0 Å². The van der Waals surface area contributed by atoms with E-state index in [0.29, 0.717) is 0 Å². The lowest BCUT2D eigenvalue weighted by Gasteiger charge is -2.01. The molecule has 0 amide bonds. The predicted molar refractivity (Wildman–Crippen MR) is 56.3 cm³/mol. The average Bonchev–Trinajstić information content (AvgIpc) is 2.72. The van der Waals surface area contributed by atoms with Gasteiger partial charge in [-0.05, 0) is 0 Å². The van der Waals surface area contributed by atoms with Gasteiger partial charge in [0.15, 0.2) is 0 Å². The zero-order valence-corrected chi connectivity index (χ0v) is 8.37. The minimum Gasteiger partial charge on any atom is -0.368 e. The minimum absolute atomic E-state index is 0.809. The molecule has 2 rings (SSSR count). The van der Waals surface area contributed by atoms with Crippen LogP contribution in [0.5, 0.6) is 0 Å². The number of anilines is 1. The fraction of sp³-hybridized carbons (Fsp3) is 0.222. The Bertz CT molecular complexity index is 360. The van der Waals surface area contributed by atoms with E-state index in [9.17, 15) is 0 Å². The number of aromatic nitrogens is 3. The molecule has 0 aromatic carbocycles. The van der Waals surface area contributed by atoms with Gasteiger partial charge in [0.05, 0.1) is 11.2 Å². The van der Waals surface area contributed by atoms with Crippen LogP contribution in [0, 0.1) is 0 Å². The molecule has 0 saturated carbocycles. The maximum absolute atomic E-state index is 4.19. The van der Waals surface area contributed by atoms with Crippen molar-refractivity contribution < 1.29 is 0 Å². The molecule has 4 nitrogen and oxygen atoms in total. The summed E-state index contributed by atoms with van der Waals surface area (Å²) < 4.78 is 0. The molecular formula is C9H10N4S. The van der Waals surface area contributed by atoms with Gasteiger partial charge >= 0.3 is 0 Å². The average molecular weight is 206 g/mol. The van der Waals surface area contributed by atoms with Crippen LogP contribution in [0.15, 0.2) is 30.2 Å². The summed E-state index contributed by atoms with van der Waals surface area (Å²) in [4.78, 5) is 12.3. The van der Waals surface area contributed by atoms with Gasteiger partial charge in [-0.2, -0.15) is 0 Å². The first-order valence-corrected chi connectivity index (χ1v) is 5.21. The van der Waals surface area contributed by atoms with Gasteiger partial charge in [0.25, 0.3) is 0 Å². The molecule has 0 atom stereocenters. The molecule has 0 saturated heterocycles. The summed E-state index contributed by atoms with van der Waals surface area (Å²) in [5.74, 6) is 0.809. The summed E-state index contributed by atoms with van der Waals surface area (Å²) in [6.07, 6.45) is 7.79. The van der Waals surface area contributed by atoms with Crippen molar-refractivity contribution in [3.63, 3.8) is 0 Å². The summed E-state index contributed by atoms with van der Waals surface area (Å²) in [5.41, 5.74) is 0. The first kappa shape index (κ1) is 9.08. The summed E-state index contributed by atoms with van der Waals surface area (Å²) in [5, 5.41) is 6.30. The summed E-state index contributed by atoms with van der Waals surface area (Å²) in [6, 6.07) is 0. The van der Waals surface area contributed by atoms with Crippen molar-refractivity contribution in [2.75, 3.05) is 11.9 Å². The third-order valence-corrected chi connectivity index (χ3v) is 2.53. The number of rotatable bonds is 4. The zero-order chi connectivity index (χ0) is 9.64. The van der Waals surface area contributed by atoms with E-state index in [4.69, 9.17) is 0 Å². The maximum atomic E-state index is 4.19. The van der Waals surface area contributed by atoms with Gasteiger partial charge in [0.1, 0.15) is 5.82 Å². The predicted octanol–water partition coefficient (Wildman–Crippen LogP) is 1.59. The van der Waals surface area contributed by atoms with Gasteiger partial charge in [-0.1, -0.05) is 0 Å². The fourth-order valence-electron chi connectivity index (χ4n) is 1.06. The lowest BCUT2D eigenvalue weighted by molar-refractivity contribution is 0.982. The first-order chi connectivity index (χ1) is 6.95. The summed E-state index contributed by atoms with van der Waals surface area (Å²) in [6.45, 7) is 0.839. The van der Waals surface area contributed by atoms with Crippen LogP contribution in [0.3, 0.4) is 0 Å². The first-order valence-electron chi connectivity index (χ1n) is 4.33. The van der Waals surface area contributed by atoms with Gasteiger partial charge in [0, 0.05) is 36.9 Å². The zero-order valence-electron chi connectivity index (χ0n) is 7.55. The van der Waals surface area contributed by atoms with E-state index in [2.05, 4.69) is 20.3 Å². The molecule has 2 aromatic heterocycles. The lowest BCUT2D eigenvalue weighted by Crippen LogP contribution is -2.05. The molecule has 2 heterocycles. The number of hydrogen-bond donors (Lipinski definition) is 1. The molecule has 14 heavy (non-hydrogen) atoms. The molecule has 0 aliphatic heterocycles. The molecule has 1 N–H and O–H groups in total. The van der Waals surface area contributed by atoms with Crippen molar-refractivity contribution in [2.45, 2.75) is 6.42 Å². The normalized spacial score (nSPS) is 10.0. The topological polar surface area (TPSA) is 50.7 Å². The molecule has 0 spiro atoms. The molecule has 2 aromatic rings. The van der Waals surface area contributed by atoms with Crippen LogP contribution in [-0.2, 0) is 6.42 Å². The largest absolute Gasteiger partial charge is 0.368 e. The molecule has 72 valence electrons. The quantitative estimate of drug-likeness (QED) is 0.825. The van der Waals surface area contributed by atoms with E-state index in [1.807, 2.05) is 11.6 Å². The minimum atomic E-state index is 0.809. The third kappa shape index (κ3) is 2.50. The second-order valence-electron chi connectivity index (χ2n) is 2.69. The van der Waals surface area contributed by atoms with Crippen LogP contribution in [0.1, 0.15) is 5.01 Å². The van der Waals surface area contributed by atoms with Crippen molar-refractivity contribution in [3.8, 4) is 0 Å². The standard InChI is InChI=1S/C9H10N4S/c1(9-13-5-6-14-9)2-11-8-7-10-3-4-12-8/h3-7H,1-2H2,(H,11,12). The highest BCUT2D eigenvalue weighted by Gasteiger charge is 1.95. The highest BCUT2D eigenvalue weighted by Crippen LogP contribution is 2.05. The van der Waals surface area contributed by atoms with Gasteiger partial charge in [-0.3, -0.25) is 4.98 Å². The van der Waals surface area contributed by atoms with Crippen molar-refractivity contribution in [1.29, 1.82) is 0 Å². The van der Waals surface area contributed by atoms with Crippen molar-refractivity contribution in [1.82, 2.24) is 15.0 Å². The Morgan fingerprint density at radius 3 is 2.93 bits per heavy atom. The molecule has 0 bridgehead atoms. The van der Waals surface area contributed by atoms with Crippen LogP contribution in [0.25, 0.3) is 0 Å². The molecule has 0 radical (unpaired) electrons. The lowest BCUT2D eigenvalue weighted by atomic mass is 10.4. The molecule has 0 fully saturated rings. The second-order valence-corrected chi connectivity index (χ2v) is 3.67. The number of nitrogens with zero attached hydrogens (tertiary/aromatic N) is 3. The summed E-state index contributed by atoms with van der Waals surface area (Å²) >= 11 is 1.67. The van der Waals surface area contributed by atoms with Gasteiger partial charge in [-0.25, -0.2) is 9.97 Å². The van der Waals surface area contributed by atoms with Gasteiger partial charge in [0.2, 0.25) is 0 Å². The molecule has 0 aliphatic carbocycles. The Hall–Kier alpha value is -1.49. The van der Waals surface area contributed by atoms with Crippen LogP contribution < -0.4 is 5.32 Å². The molecule has 0 aliphatic rings. The van der Waals surface area contributed by atoms with Crippen molar-refractivity contribution >= 4 is 17.2 Å². The monoisotopic (exact) mass is 206 g/mol. The van der Waals surface area contributed by atoms with Gasteiger partial charge < -0.3 is 5.32 Å². The van der Waals surface area contributed by atoms with Crippen LogP contribution in [0.4, 0.5) is 5.82 Å². The van der Waals surface area contributed by atoms with Gasteiger partial charge in [-0.15, -0.1) is 11.3 Å². The molecule has 0 unspecified atom stereocenters. The third-order valence-electron chi connectivity index (χ3n) is 1.69. The maximum Gasteiger partial charge on any atom is 0.144 e. The van der Waals surface area contributed by atoms with Crippen LogP contribution >= 0.6 is 11.3 Å². The highest BCUT2D eigenvalue weighted by atomic mass is 32.1. The number of thiazole rings is 1.